The molecule has 2 nitrogen and oxygen atoms in total. The zero-order chi connectivity index (χ0) is 15.3. The second kappa shape index (κ2) is 5.39. The first-order valence-electron chi connectivity index (χ1n) is 9.46. The molecule has 0 aromatic heterocycles. The Hall–Kier alpha value is -0.790. The lowest BCUT2D eigenvalue weighted by molar-refractivity contribution is -0.156. The number of allylic oxidation sites excluding steroid dienone is 2. The van der Waals surface area contributed by atoms with Crippen LogP contribution < -0.4 is 0 Å². The Labute approximate surface area is 134 Å². The molecule has 4 aliphatic carbocycles. The number of fused-ring (bicyclic) bond motifs is 5. The second-order valence-corrected chi connectivity index (χ2v) is 8.51. The van der Waals surface area contributed by atoms with Crippen LogP contribution in [0.1, 0.15) is 71.6 Å². The smallest absolute Gasteiger partial charge is 0.302 e. The van der Waals surface area contributed by atoms with E-state index in [-0.39, 0.29) is 17.5 Å². The molecule has 0 aromatic rings. The minimum atomic E-state index is -0.0878. The first-order chi connectivity index (χ1) is 10.6. The molecule has 4 rings (SSSR count). The zero-order valence-corrected chi connectivity index (χ0v) is 14.1. The Morgan fingerprint density at radius 2 is 2.05 bits per heavy atom. The monoisotopic (exact) mass is 302 g/mol. The number of carbonyl (C=O) groups excluding carboxylic acids is 1. The van der Waals surface area contributed by atoms with Gasteiger partial charge in [-0.15, -0.1) is 0 Å². The van der Waals surface area contributed by atoms with Gasteiger partial charge < -0.3 is 4.74 Å². The highest BCUT2D eigenvalue weighted by Crippen LogP contribution is 2.62. The Bertz CT molecular complexity index is 494. The molecule has 3 fully saturated rings. The van der Waals surface area contributed by atoms with E-state index in [2.05, 4.69) is 13.0 Å². The maximum Gasteiger partial charge on any atom is 0.302 e. The summed E-state index contributed by atoms with van der Waals surface area (Å²) in [6, 6.07) is 0. The van der Waals surface area contributed by atoms with Crippen LogP contribution in [0.3, 0.4) is 0 Å². The van der Waals surface area contributed by atoms with Gasteiger partial charge in [-0.2, -0.15) is 0 Å². The van der Waals surface area contributed by atoms with Gasteiger partial charge in [0.15, 0.2) is 0 Å². The third kappa shape index (κ3) is 2.17. The van der Waals surface area contributed by atoms with Gasteiger partial charge in [-0.05, 0) is 81.5 Å². The molecule has 0 spiro atoms. The highest BCUT2D eigenvalue weighted by Gasteiger charge is 2.57. The van der Waals surface area contributed by atoms with E-state index in [4.69, 9.17) is 4.74 Å². The van der Waals surface area contributed by atoms with Crippen molar-refractivity contribution in [2.45, 2.75) is 77.7 Å². The SMILES string of the molecule is CC(=O)O[C@H]1CC[C@H]2[C@@H]3CCC4=CCCC[C@@H]4[C@H]3CC[C@]12C. The standard InChI is InChI=1S/C20H30O2/c1-13(21)22-19-10-9-18-17-8-7-14-5-3-4-6-15(14)16(17)11-12-20(18,19)2/h5,15-19H,3-4,6-12H2,1-2H3/t15-,16+,17+,18-,19-,20-/m0/s1. The van der Waals surface area contributed by atoms with Gasteiger partial charge in [0, 0.05) is 12.3 Å². The molecule has 0 amide bonds. The molecule has 0 unspecified atom stereocenters. The van der Waals surface area contributed by atoms with E-state index in [0.29, 0.717) is 0 Å². The van der Waals surface area contributed by atoms with E-state index in [1.807, 2.05) is 0 Å². The van der Waals surface area contributed by atoms with E-state index >= 15 is 0 Å². The van der Waals surface area contributed by atoms with E-state index in [1.54, 1.807) is 12.5 Å². The van der Waals surface area contributed by atoms with E-state index < -0.39 is 0 Å². The first-order valence-corrected chi connectivity index (χ1v) is 9.46. The first kappa shape index (κ1) is 14.8. The van der Waals surface area contributed by atoms with Gasteiger partial charge in [-0.25, -0.2) is 0 Å². The van der Waals surface area contributed by atoms with Crippen LogP contribution in [0.25, 0.3) is 0 Å². The van der Waals surface area contributed by atoms with Crippen molar-refractivity contribution >= 4 is 5.97 Å². The summed E-state index contributed by atoms with van der Waals surface area (Å²) in [5.74, 6) is 3.41. The van der Waals surface area contributed by atoms with Crippen molar-refractivity contribution < 1.29 is 9.53 Å². The highest BCUT2D eigenvalue weighted by molar-refractivity contribution is 5.66. The number of rotatable bonds is 1. The topological polar surface area (TPSA) is 26.3 Å². The minimum Gasteiger partial charge on any atom is -0.462 e. The Morgan fingerprint density at radius 1 is 1.18 bits per heavy atom. The van der Waals surface area contributed by atoms with Gasteiger partial charge in [-0.3, -0.25) is 4.79 Å². The van der Waals surface area contributed by atoms with Crippen molar-refractivity contribution in [3.63, 3.8) is 0 Å². The molecule has 2 heteroatoms. The third-order valence-electron chi connectivity index (χ3n) is 7.60. The van der Waals surface area contributed by atoms with E-state index in [0.717, 1.165) is 30.1 Å². The second-order valence-electron chi connectivity index (χ2n) is 8.51. The van der Waals surface area contributed by atoms with E-state index in [9.17, 15) is 4.79 Å². The number of ether oxygens (including phenoxy) is 1. The van der Waals surface area contributed by atoms with Crippen molar-refractivity contribution in [2.75, 3.05) is 0 Å². The summed E-state index contributed by atoms with van der Waals surface area (Å²) >= 11 is 0. The predicted octanol–water partition coefficient (Wildman–Crippen LogP) is 4.88. The fraction of sp³-hybridized carbons (Fsp3) is 0.850. The average Bonchev–Trinajstić information content (AvgIpc) is 2.83. The Kier molecular flexibility index (Phi) is 3.62. The van der Waals surface area contributed by atoms with Gasteiger partial charge in [0.25, 0.3) is 0 Å². The molecule has 122 valence electrons. The lowest BCUT2D eigenvalue weighted by Crippen LogP contribution is -2.48. The molecule has 6 atom stereocenters. The summed E-state index contributed by atoms with van der Waals surface area (Å²) in [6.45, 7) is 3.99. The molecule has 4 aliphatic rings. The fourth-order valence-corrected chi connectivity index (χ4v) is 6.65. The molecule has 0 saturated heterocycles. The van der Waals surface area contributed by atoms with Crippen LogP contribution in [-0.4, -0.2) is 12.1 Å². The minimum absolute atomic E-state index is 0.0878. The quantitative estimate of drug-likeness (QED) is 0.509. The normalized spacial score (nSPS) is 47.0. The summed E-state index contributed by atoms with van der Waals surface area (Å²) in [5.41, 5.74) is 2.05. The Morgan fingerprint density at radius 3 is 2.86 bits per heavy atom. The van der Waals surface area contributed by atoms with Crippen LogP contribution in [0.2, 0.25) is 0 Å². The predicted molar refractivity (Wildman–Crippen MR) is 87.3 cm³/mol. The summed E-state index contributed by atoms with van der Waals surface area (Å²) in [7, 11) is 0. The molecule has 0 heterocycles. The van der Waals surface area contributed by atoms with Gasteiger partial charge in [0.2, 0.25) is 0 Å². The molecule has 22 heavy (non-hydrogen) atoms. The lowest BCUT2D eigenvalue weighted by atomic mass is 9.52. The summed E-state index contributed by atoms with van der Waals surface area (Å²) < 4.78 is 5.72. The third-order valence-corrected chi connectivity index (χ3v) is 7.60. The van der Waals surface area contributed by atoms with Crippen LogP contribution >= 0.6 is 0 Å². The van der Waals surface area contributed by atoms with Crippen molar-refractivity contribution in [1.29, 1.82) is 0 Å². The van der Waals surface area contributed by atoms with Gasteiger partial charge in [-0.1, -0.05) is 18.6 Å². The fourth-order valence-electron chi connectivity index (χ4n) is 6.65. The van der Waals surface area contributed by atoms with Crippen LogP contribution in [-0.2, 0) is 9.53 Å². The van der Waals surface area contributed by atoms with Crippen molar-refractivity contribution in [1.82, 2.24) is 0 Å². The zero-order valence-electron chi connectivity index (χ0n) is 14.1. The Balaban J connectivity index is 1.57. The highest BCUT2D eigenvalue weighted by atomic mass is 16.5. The molecular formula is C20H30O2. The summed E-state index contributed by atoms with van der Waals surface area (Å²) in [5, 5.41) is 0. The molecule has 0 aromatic carbocycles. The van der Waals surface area contributed by atoms with Crippen LogP contribution in [0, 0.1) is 29.1 Å². The molecule has 0 radical (unpaired) electrons. The number of hydrogen-bond acceptors (Lipinski definition) is 2. The van der Waals surface area contributed by atoms with Crippen LogP contribution in [0.15, 0.2) is 11.6 Å². The molecule has 0 N–H and O–H groups in total. The van der Waals surface area contributed by atoms with Gasteiger partial charge in [0.05, 0.1) is 0 Å². The van der Waals surface area contributed by atoms with Gasteiger partial charge >= 0.3 is 5.97 Å². The van der Waals surface area contributed by atoms with Crippen molar-refractivity contribution in [2.24, 2.45) is 29.1 Å². The summed E-state index contributed by atoms with van der Waals surface area (Å²) in [4.78, 5) is 11.5. The number of esters is 1. The van der Waals surface area contributed by atoms with Crippen molar-refractivity contribution in [3.05, 3.63) is 11.6 Å². The maximum absolute atomic E-state index is 11.5. The summed E-state index contributed by atoms with van der Waals surface area (Å²) in [6.07, 6.45) is 14.6. The number of carbonyl (C=O) groups is 1. The maximum atomic E-state index is 11.5. The molecule has 0 aliphatic heterocycles. The molecule has 0 bridgehead atoms. The largest absolute Gasteiger partial charge is 0.462 e. The van der Waals surface area contributed by atoms with Crippen LogP contribution in [0.4, 0.5) is 0 Å². The van der Waals surface area contributed by atoms with Crippen molar-refractivity contribution in [3.8, 4) is 0 Å². The number of hydrogen-bond donors (Lipinski definition) is 0. The average molecular weight is 302 g/mol. The molecular weight excluding hydrogens is 272 g/mol. The van der Waals surface area contributed by atoms with E-state index in [1.165, 1.54) is 51.4 Å². The van der Waals surface area contributed by atoms with Gasteiger partial charge in [0.1, 0.15) is 6.10 Å². The lowest BCUT2D eigenvalue weighted by Gasteiger charge is -2.53. The van der Waals surface area contributed by atoms with Crippen LogP contribution in [0.5, 0.6) is 0 Å². The molecule has 3 saturated carbocycles.